The van der Waals surface area contributed by atoms with E-state index >= 15 is 0 Å². The van der Waals surface area contributed by atoms with Gasteiger partial charge in [-0.3, -0.25) is 0 Å². The number of rotatable bonds is 9. The third kappa shape index (κ3) is 5.44. The number of quaternary nitrogens is 1. The lowest BCUT2D eigenvalue weighted by Crippen LogP contribution is -3.00. The summed E-state index contributed by atoms with van der Waals surface area (Å²) < 4.78 is 34.2. The van der Waals surface area contributed by atoms with Crippen molar-refractivity contribution in [2.75, 3.05) is 20.6 Å². The van der Waals surface area contributed by atoms with Crippen LogP contribution in [0.1, 0.15) is 22.6 Å². The van der Waals surface area contributed by atoms with Crippen LogP contribution in [0, 0.1) is 6.92 Å². The monoisotopic (exact) mass is 426 g/mol. The summed E-state index contributed by atoms with van der Waals surface area (Å²) in [5, 5.41) is 3.93. The number of nitrogens with zero attached hydrogens (tertiary/aromatic N) is 2. The Kier molecular flexibility index (Phi) is 7.20. The second kappa shape index (κ2) is 9.84. The van der Waals surface area contributed by atoms with E-state index in [9.17, 15) is 8.42 Å². The topological polar surface area (TPSA) is 67.9 Å². The Bertz CT molecular complexity index is 1080. The number of sulfonamides is 1. The molecule has 0 fully saturated rings. The number of hydrogen-bond acceptors (Lipinski definition) is 4. The maximum absolute atomic E-state index is 13.7. The zero-order chi connectivity index (χ0) is 21.6. The van der Waals surface area contributed by atoms with Crippen molar-refractivity contribution in [2.45, 2.75) is 24.8 Å². The summed E-state index contributed by atoms with van der Waals surface area (Å²) in [6.45, 7) is 2.30. The highest BCUT2D eigenvalue weighted by Crippen LogP contribution is 2.26. The quantitative estimate of drug-likeness (QED) is 0.571. The Labute approximate surface area is 178 Å². The molecule has 0 aliphatic heterocycles. The first-order valence-corrected chi connectivity index (χ1v) is 11.3. The number of aromatic nitrogens is 1. The summed E-state index contributed by atoms with van der Waals surface area (Å²) in [5.41, 5.74) is 2.38. The number of hydrogen-bond donors (Lipinski definition) is 1. The van der Waals surface area contributed by atoms with E-state index in [-0.39, 0.29) is 17.2 Å². The molecule has 3 rings (SSSR count). The van der Waals surface area contributed by atoms with Crippen molar-refractivity contribution in [1.29, 1.82) is 0 Å². The summed E-state index contributed by atoms with van der Waals surface area (Å²) in [4.78, 5) is 1.17. The van der Waals surface area contributed by atoms with Crippen molar-refractivity contribution in [3.63, 3.8) is 0 Å². The number of nitrogens with one attached hydrogen (secondary N) is 1. The SMILES string of the molecule is Cc1noc(C=C[NH+](C)C)c1S(=O)(=O)N(CCc1ccccc1)Cc1ccccc1. The highest BCUT2D eigenvalue weighted by molar-refractivity contribution is 7.89. The van der Waals surface area contributed by atoms with Gasteiger partial charge in [0.1, 0.15) is 5.69 Å². The van der Waals surface area contributed by atoms with Crippen LogP contribution in [0.25, 0.3) is 6.08 Å². The van der Waals surface area contributed by atoms with E-state index in [2.05, 4.69) is 5.16 Å². The van der Waals surface area contributed by atoms with Crippen LogP contribution in [0.4, 0.5) is 0 Å². The Balaban J connectivity index is 1.96. The average molecular weight is 427 g/mol. The molecule has 1 aromatic heterocycles. The van der Waals surface area contributed by atoms with Gasteiger partial charge in [-0.2, -0.15) is 4.31 Å². The molecule has 0 atom stereocenters. The van der Waals surface area contributed by atoms with Crippen LogP contribution in [0.3, 0.4) is 0 Å². The molecule has 30 heavy (non-hydrogen) atoms. The second-order valence-electron chi connectivity index (χ2n) is 7.43. The van der Waals surface area contributed by atoms with Gasteiger partial charge in [0.15, 0.2) is 10.7 Å². The van der Waals surface area contributed by atoms with E-state index in [1.807, 2.05) is 81.0 Å². The maximum Gasteiger partial charge on any atom is 0.249 e. The summed E-state index contributed by atoms with van der Waals surface area (Å²) in [7, 11) is 0.0612. The molecule has 0 aliphatic rings. The molecule has 0 spiro atoms. The minimum absolute atomic E-state index is 0.129. The molecular weight excluding hydrogens is 398 g/mol. The third-order valence-electron chi connectivity index (χ3n) is 4.69. The first-order valence-electron chi connectivity index (χ1n) is 9.90. The molecule has 0 unspecified atom stereocenters. The Morgan fingerprint density at radius 1 is 1.00 bits per heavy atom. The van der Waals surface area contributed by atoms with Crippen LogP contribution in [0.5, 0.6) is 0 Å². The predicted octanol–water partition coefficient (Wildman–Crippen LogP) is 2.53. The molecule has 0 bridgehead atoms. The fourth-order valence-electron chi connectivity index (χ4n) is 3.14. The molecule has 0 radical (unpaired) electrons. The van der Waals surface area contributed by atoms with Crippen LogP contribution in [-0.2, 0) is 23.0 Å². The number of benzene rings is 2. The minimum Gasteiger partial charge on any atom is -0.355 e. The van der Waals surface area contributed by atoms with Crippen molar-refractivity contribution in [1.82, 2.24) is 9.46 Å². The van der Waals surface area contributed by atoms with Crippen LogP contribution < -0.4 is 4.90 Å². The van der Waals surface area contributed by atoms with Crippen molar-refractivity contribution in [3.05, 3.63) is 89.4 Å². The molecule has 7 heteroatoms. The third-order valence-corrected chi connectivity index (χ3v) is 6.70. The van der Waals surface area contributed by atoms with Crippen molar-refractivity contribution >= 4 is 16.1 Å². The highest BCUT2D eigenvalue weighted by Gasteiger charge is 2.32. The summed E-state index contributed by atoms with van der Waals surface area (Å²) in [6.07, 6.45) is 4.11. The van der Waals surface area contributed by atoms with Crippen LogP contribution in [0.2, 0.25) is 0 Å². The van der Waals surface area contributed by atoms with Gasteiger partial charge in [0, 0.05) is 19.2 Å². The van der Waals surface area contributed by atoms with Crippen molar-refractivity contribution in [3.8, 4) is 0 Å². The summed E-state index contributed by atoms with van der Waals surface area (Å²) >= 11 is 0. The van der Waals surface area contributed by atoms with Gasteiger partial charge >= 0.3 is 0 Å². The predicted molar refractivity (Wildman–Crippen MR) is 117 cm³/mol. The van der Waals surface area contributed by atoms with Gasteiger partial charge in [0.05, 0.1) is 20.3 Å². The first kappa shape index (κ1) is 22.0. The molecule has 158 valence electrons. The Hall–Kier alpha value is -2.74. The van der Waals surface area contributed by atoms with E-state index in [0.29, 0.717) is 18.7 Å². The van der Waals surface area contributed by atoms with Gasteiger partial charge in [-0.15, -0.1) is 0 Å². The molecule has 0 aliphatic carbocycles. The molecule has 0 saturated carbocycles. The van der Waals surface area contributed by atoms with Crippen molar-refractivity contribution in [2.24, 2.45) is 0 Å². The van der Waals surface area contributed by atoms with Crippen LogP contribution in [0.15, 0.2) is 76.3 Å². The molecule has 2 aromatic carbocycles. The molecule has 3 aromatic rings. The van der Waals surface area contributed by atoms with E-state index in [1.165, 1.54) is 4.31 Å². The molecular formula is C23H28N3O3S+. The van der Waals surface area contributed by atoms with Crippen molar-refractivity contribution < 1.29 is 17.8 Å². The summed E-state index contributed by atoms with van der Waals surface area (Å²) in [6, 6.07) is 19.5. The summed E-state index contributed by atoms with van der Waals surface area (Å²) in [5.74, 6) is 0.256. The van der Waals surface area contributed by atoms with Gasteiger partial charge in [-0.25, -0.2) is 8.42 Å². The highest BCUT2D eigenvalue weighted by atomic mass is 32.2. The lowest BCUT2D eigenvalue weighted by Gasteiger charge is -2.22. The van der Waals surface area contributed by atoms with Gasteiger partial charge < -0.3 is 9.42 Å². The minimum atomic E-state index is -3.82. The largest absolute Gasteiger partial charge is 0.355 e. The maximum atomic E-state index is 13.7. The van der Waals surface area contributed by atoms with Gasteiger partial charge in [0.2, 0.25) is 10.0 Å². The van der Waals surface area contributed by atoms with Gasteiger partial charge in [0.25, 0.3) is 0 Å². The number of aryl methyl sites for hydroxylation is 1. The fourth-order valence-corrected chi connectivity index (χ4v) is 4.82. The zero-order valence-electron chi connectivity index (χ0n) is 17.6. The second-order valence-corrected chi connectivity index (χ2v) is 9.31. The first-order chi connectivity index (χ1) is 14.4. The Morgan fingerprint density at radius 2 is 1.60 bits per heavy atom. The van der Waals surface area contributed by atoms with Crippen LogP contribution in [-0.4, -0.2) is 38.5 Å². The smallest absolute Gasteiger partial charge is 0.249 e. The molecule has 6 nitrogen and oxygen atoms in total. The average Bonchev–Trinajstić information content (AvgIpc) is 3.12. The van der Waals surface area contributed by atoms with Gasteiger partial charge in [-0.1, -0.05) is 65.8 Å². The van der Waals surface area contributed by atoms with E-state index in [0.717, 1.165) is 16.0 Å². The molecule has 1 heterocycles. The lowest BCUT2D eigenvalue weighted by molar-refractivity contribution is -0.800. The normalized spacial score (nSPS) is 12.3. The molecule has 0 saturated heterocycles. The standard InChI is InChI=1S/C23H27N3O3S/c1-19-23(22(29-24-19)15-16-25(2)3)30(27,28)26(18-21-12-8-5-9-13-21)17-14-20-10-6-4-7-11-20/h4-13,15-16H,14,17-18H2,1-3H3/p+1. The Morgan fingerprint density at radius 3 is 2.20 bits per heavy atom. The van der Waals surface area contributed by atoms with E-state index < -0.39 is 10.0 Å². The van der Waals surface area contributed by atoms with Crippen LogP contribution >= 0.6 is 0 Å². The lowest BCUT2D eigenvalue weighted by atomic mass is 10.1. The van der Waals surface area contributed by atoms with Gasteiger partial charge in [-0.05, 0) is 24.5 Å². The zero-order valence-corrected chi connectivity index (χ0v) is 18.4. The fraction of sp³-hybridized carbons (Fsp3) is 0.261. The molecule has 0 amide bonds. The van der Waals surface area contributed by atoms with E-state index in [1.54, 1.807) is 13.0 Å². The molecule has 1 N–H and O–H groups in total. The van der Waals surface area contributed by atoms with E-state index in [4.69, 9.17) is 4.52 Å².